The van der Waals surface area contributed by atoms with Crippen LogP contribution in [0.3, 0.4) is 0 Å². The number of rotatable bonds is 11. The summed E-state index contributed by atoms with van der Waals surface area (Å²) in [4.78, 5) is 64.5. The lowest BCUT2D eigenvalue weighted by atomic mass is 9.84. The number of fused-ring (bicyclic) bond motifs is 6. The highest BCUT2D eigenvalue weighted by molar-refractivity contribution is 7.10. The minimum Gasteiger partial charge on any atom is -0.464 e. The number of nitrogens with zero attached hydrogens (tertiary/aromatic N) is 7. The second kappa shape index (κ2) is 20.5. The van der Waals surface area contributed by atoms with Crippen molar-refractivity contribution in [3.8, 4) is 22.5 Å². The van der Waals surface area contributed by atoms with Crippen molar-refractivity contribution in [3.63, 3.8) is 0 Å². The van der Waals surface area contributed by atoms with Gasteiger partial charge < -0.3 is 28.8 Å². The van der Waals surface area contributed by atoms with Gasteiger partial charge in [-0.15, -0.1) is 11.3 Å². The van der Waals surface area contributed by atoms with Gasteiger partial charge in [-0.1, -0.05) is 26.8 Å². The number of carbonyl (C=O) groups excluding carboxylic acids is 3. The van der Waals surface area contributed by atoms with Gasteiger partial charge in [-0.2, -0.15) is 0 Å². The lowest BCUT2D eigenvalue weighted by Crippen LogP contribution is -2.62. The van der Waals surface area contributed by atoms with Gasteiger partial charge in [-0.25, -0.2) is 24.8 Å². The molecule has 4 aromatic heterocycles. The van der Waals surface area contributed by atoms with Gasteiger partial charge in [-0.3, -0.25) is 29.3 Å². The number of amides is 2. The zero-order valence-corrected chi connectivity index (χ0v) is 41.5. The molecule has 1 aliphatic carbocycles. The van der Waals surface area contributed by atoms with Crippen LogP contribution < -0.4 is 10.7 Å². The van der Waals surface area contributed by atoms with Gasteiger partial charge in [0.1, 0.15) is 29.6 Å². The van der Waals surface area contributed by atoms with Crippen LogP contribution in [-0.4, -0.2) is 130 Å². The second-order valence-electron chi connectivity index (χ2n) is 20.4. The summed E-state index contributed by atoms with van der Waals surface area (Å²) in [5.41, 5.74) is 9.76. The molecule has 8 heterocycles. The van der Waals surface area contributed by atoms with E-state index < -0.39 is 47.5 Å². The normalized spacial score (nSPS) is 27.0. The number of esters is 1. The van der Waals surface area contributed by atoms with E-state index in [0.717, 1.165) is 57.5 Å². The van der Waals surface area contributed by atoms with Crippen molar-refractivity contribution in [2.75, 3.05) is 53.2 Å². The lowest BCUT2D eigenvalue weighted by molar-refractivity contribution is -0.156. The van der Waals surface area contributed by atoms with Crippen molar-refractivity contribution in [1.29, 1.82) is 0 Å². The number of likely N-dealkylation sites (tertiary alicyclic amines) is 1. The molecule has 3 saturated heterocycles. The molecular weight excluding hydrogens is 914 g/mol. The molecular formula is C52H64FN9O7S. The number of aromatic nitrogens is 5. The standard InChI is InChI=1S/C52H64FN9O7S/c1-30-42(38-12-17-54-29-56-38)43(30)48(63)58-45-47(60-19-13-33(53)26-60)49-57-40(27-70-49)32-10-11-41-36(24-32)37(25-52(3,4)28-69-51(65)39-9-7-18-62(59-39)50(45)64)46(35-8-6-16-55-44(35)31(2)66-5)61(41)20-23-68-34-14-21-67-22-15-34/h6,8,10-12,16-17,24,27,29-31,33-34,39,42-43,45,47,59H,7,9,13-15,18-23,25-26,28H2,1-5H3,(H,58,63)/t30-,31+,33+,39+,42+,43-,45+,47+/m1/s1. The molecule has 8 atom stereocenters. The number of pyridine rings is 1. The number of thiazole rings is 1. The molecule has 70 heavy (non-hydrogen) atoms. The van der Waals surface area contributed by atoms with E-state index in [4.69, 9.17) is 28.9 Å². The molecule has 4 fully saturated rings. The van der Waals surface area contributed by atoms with Crippen molar-refractivity contribution in [2.24, 2.45) is 17.3 Å². The number of halogens is 1. The molecule has 16 nitrogen and oxygen atoms in total. The van der Waals surface area contributed by atoms with Crippen LogP contribution in [0.2, 0.25) is 0 Å². The second-order valence-corrected chi connectivity index (χ2v) is 21.3. The number of nitrogens with one attached hydrogen (secondary N) is 2. The van der Waals surface area contributed by atoms with Crippen LogP contribution in [0.5, 0.6) is 0 Å². The predicted molar refractivity (Wildman–Crippen MR) is 261 cm³/mol. The van der Waals surface area contributed by atoms with Crippen molar-refractivity contribution in [3.05, 3.63) is 82.5 Å². The molecule has 0 unspecified atom stereocenters. The number of hydrogen-bond donors (Lipinski definition) is 2. The van der Waals surface area contributed by atoms with Gasteiger partial charge in [0.05, 0.1) is 48.5 Å². The molecule has 5 aromatic rings. The molecule has 0 radical (unpaired) electrons. The highest BCUT2D eigenvalue weighted by Gasteiger charge is 2.55. The first kappa shape index (κ1) is 48.4. The maximum atomic E-state index is 15.4. The van der Waals surface area contributed by atoms with Crippen LogP contribution in [0.4, 0.5) is 4.39 Å². The number of benzene rings is 1. The molecule has 1 aromatic carbocycles. The molecule has 5 aliphatic rings. The fourth-order valence-corrected chi connectivity index (χ4v) is 12.1. The number of carbonyl (C=O) groups is 3. The van der Waals surface area contributed by atoms with Crippen LogP contribution in [0.1, 0.15) is 99.8 Å². The summed E-state index contributed by atoms with van der Waals surface area (Å²) < 4.78 is 42.0. The van der Waals surface area contributed by atoms with Gasteiger partial charge in [0, 0.05) is 109 Å². The summed E-state index contributed by atoms with van der Waals surface area (Å²) in [6.45, 7) is 11.5. The largest absolute Gasteiger partial charge is 0.464 e. The molecule has 0 spiro atoms. The summed E-state index contributed by atoms with van der Waals surface area (Å²) >= 11 is 1.39. The average Bonchev–Trinajstić information content (AvgIpc) is 3.68. The Morgan fingerprint density at radius 1 is 1.09 bits per heavy atom. The number of methoxy groups -OCH3 is 1. The Morgan fingerprint density at radius 2 is 1.93 bits per heavy atom. The van der Waals surface area contributed by atoms with Gasteiger partial charge in [-0.05, 0) is 87.3 Å². The fraction of sp³-hybridized carbons (Fsp3) is 0.558. The highest BCUT2D eigenvalue weighted by Crippen LogP contribution is 2.53. The number of hydrazine groups is 1. The Hall–Kier alpha value is -5.24. The molecule has 10 rings (SSSR count). The van der Waals surface area contributed by atoms with Crippen LogP contribution in [0.25, 0.3) is 33.4 Å². The van der Waals surface area contributed by atoms with E-state index in [1.54, 1.807) is 19.5 Å². The zero-order chi connectivity index (χ0) is 48.7. The van der Waals surface area contributed by atoms with E-state index >= 15 is 9.18 Å². The average molecular weight is 978 g/mol. The van der Waals surface area contributed by atoms with Gasteiger partial charge in [0.2, 0.25) is 5.91 Å². The number of ether oxygens (including phenoxy) is 4. The minimum absolute atomic E-state index is 0.0320. The van der Waals surface area contributed by atoms with E-state index in [-0.39, 0.29) is 49.5 Å². The Labute approximate surface area is 412 Å². The van der Waals surface area contributed by atoms with Crippen molar-refractivity contribution in [1.82, 2.24) is 45.2 Å². The molecule has 372 valence electrons. The van der Waals surface area contributed by atoms with E-state index in [1.807, 2.05) is 36.3 Å². The number of hydrogen-bond acceptors (Lipinski definition) is 14. The van der Waals surface area contributed by atoms with Crippen molar-refractivity contribution in [2.45, 2.75) is 115 Å². The van der Waals surface area contributed by atoms with Crippen LogP contribution in [-0.2, 0) is 46.3 Å². The monoisotopic (exact) mass is 977 g/mol. The summed E-state index contributed by atoms with van der Waals surface area (Å²) in [5, 5.41) is 8.20. The highest BCUT2D eigenvalue weighted by atomic mass is 32.1. The van der Waals surface area contributed by atoms with E-state index in [2.05, 4.69) is 63.4 Å². The van der Waals surface area contributed by atoms with Gasteiger partial charge in [0.25, 0.3) is 5.91 Å². The predicted octanol–water partition coefficient (Wildman–Crippen LogP) is 6.76. The first-order valence-electron chi connectivity index (χ1n) is 24.9. The summed E-state index contributed by atoms with van der Waals surface area (Å²) in [5.74, 6) is -1.81. The van der Waals surface area contributed by atoms with E-state index in [0.29, 0.717) is 69.4 Å². The van der Waals surface area contributed by atoms with E-state index in [9.17, 15) is 9.59 Å². The number of cyclic esters (lactones) is 1. The topological polar surface area (TPSA) is 175 Å². The summed E-state index contributed by atoms with van der Waals surface area (Å²) in [7, 11) is 1.69. The third-order valence-electron chi connectivity index (χ3n) is 15.0. The number of alkyl halides is 1. The Morgan fingerprint density at radius 3 is 2.70 bits per heavy atom. The molecule has 6 bridgehead atoms. The van der Waals surface area contributed by atoms with Crippen molar-refractivity contribution >= 4 is 40.0 Å². The molecule has 1 saturated carbocycles. The molecule has 2 N–H and O–H groups in total. The third kappa shape index (κ3) is 9.87. The van der Waals surface area contributed by atoms with Crippen LogP contribution in [0.15, 0.2) is 60.5 Å². The van der Waals surface area contributed by atoms with Gasteiger partial charge in [0.15, 0.2) is 0 Å². The van der Waals surface area contributed by atoms with Crippen molar-refractivity contribution < 1.29 is 37.7 Å². The van der Waals surface area contributed by atoms with Gasteiger partial charge >= 0.3 is 5.97 Å². The van der Waals surface area contributed by atoms with E-state index in [1.165, 1.54) is 22.7 Å². The molecule has 2 amide bonds. The summed E-state index contributed by atoms with van der Waals surface area (Å²) in [6, 6.07) is 9.45. The first-order chi connectivity index (χ1) is 33.9. The Kier molecular flexibility index (Phi) is 14.2. The maximum Gasteiger partial charge on any atom is 0.324 e. The Bertz CT molecular complexity index is 2690. The maximum absolute atomic E-state index is 15.4. The van der Waals surface area contributed by atoms with Crippen LogP contribution >= 0.6 is 11.3 Å². The smallest absolute Gasteiger partial charge is 0.324 e. The summed E-state index contributed by atoms with van der Waals surface area (Å²) in [6.07, 6.45) is 7.11. The van der Waals surface area contributed by atoms with Crippen LogP contribution in [0, 0.1) is 17.3 Å². The fourth-order valence-electron chi connectivity index (χ4n) is 11.1. The zero-order valence-electron chi connectivity index (χ0n) is 40.6. The molecule has 4 aliphatic heterocycles. The first-order valence-corrected chi connectivity index (χ1v) is 25.7. The third-order valence-corrected chi connectivity index (χ3v) is 15.9. The molecule has 18 heteroatoms. The minimum atomic E-state index is -1.17. The SMILES string of the molecule is CO[C@@H](C)c1ncccc1-c1c2c3cc(ccc3n1CCOC1CCOCC1)-c1csc(n1)[C@@H](N1CC[C@H](F)C1)[C@H](NC(=O)[C@@H]1[C@H](C)[C@H]1c1ccncn1)C(=O)N1CCC[C@H](N1)C(=O)OCC(C)(C)C2. The Balaban J connectivity index is 1.10. The quantitative estimate of drug-likeness (QED) is 0.133. The lowest BCUT2D eigenvalue weighted by Gasteiger charge is -2.39.